The Labute approximate surface area is 395 Å². The molecule has 1 N–H and O–H groups in total. The Morgan fingerprint density at radius 1 is 0.375 bits per heavy atom. The zero-order valence-electron chi connectivity index (χ0n) is 41.5. The molecule has 0 bridgehead atoms. The molecule has 0 aliphatic heterocycles. The molecule has 5 nitrogen and oxygen atoms in total. The summed E-state index contributed by atoms with van der Waals surface area (Å²) in [6.07, 6.45) is 77.5. The van der Waals surface area contributed by atoms with E-state index in [1.165, 1.54) is 109 Å². The Morgan fingerprint density at radius 2 is 0.672 bits per heavy atom. The summed E-state index contributed by atoms with van der Waals surface area (Å²) in [5.74, 6) is -0.613. The van der Waals surface area contributed by atoms with Crippen molar-refractivity contribution in [1.29, 1.82) is 0 Å². The third-order valence-electron chi connectivity index (χ3n) is 11.1. The number of unbranched alkanes of at least 4 members (excludes halogenated alkanes) is 21. The number of carbonyl (C=O) groups is 2. The summed E-state index contributed by atoms with van der Waals surface area (Å²) in [6.45, 7) is 4.00. The van der Waals surface area contributed by atoms with Gasteiger partial charge in [-0.25, -0.2) is 0 Å². The van der Waals surface area contributed by atoms with Crippen molar-refractivity contribution in [3.63, 3.8) is 0 Å². The van der Waals surface area contributed by atoms with Gasteiger partial charge in [-0.2, -0.15) is 0 Å². The molecule has 0 aliphatic carbocycles. The van der Waals surface area contributed by atoms with Gasteiger partial charge in [-0.3, -0.25) is 9.59 Å². The van der Waals surface area contributed by atoms with Gasteiger partial charge >= 0.3 is 11.9 Å². The van der Waals surface area contributed by atoms with E-state index in [1.807, 2.05) is 0 Å². The Morgan fingerprint density at radius 3 is 1.02 bits per heavy atom. The van der Waals surface area contributed by atoms with Crippen LogP contribution in [0.3, 0.4) is 0 Å². The van der Waals surface area contributed by atoms with Gasteiger partial charge in [-0.15, -0.1) is 0 Å². The lowest BCUT2D eigenvalue weighted by Gasteiger charge is -2.15. The van der Waals surface area contributed by atoms with E-state index < -0.39 is 6.10 Å². The second kappa shape index (κ2) is 53.9. The van der Waals surface area contributed by atoms with Crippen LogP contribution in [0.2, 0.25) is 0 Å². The Bertz CT molecular complexity index is 1280. The first-order chi connectivity index (χ1) is 31.6. The molecule has 364 valence electrons. The summed E-state index contributed by atoms with van der Waals surface area (Å²) >= 11 is 0. The molecule has 1 atom stereocenters. The Balaban J connectivity index is 3.59. The van der Waals surface area contributed by atoms with Crippen molar-refractivity contribution >= 4 is 11.9 Å². The van der Waals surface area contributed by atoms with Gasteiger partial charge in [-0.1, -0.05) is 226 Å². The van der Waals surface area contributed by atoms with Crippen LogP contribution < -0.4 is 0 Å². The maximum Gasteiger partial charge on any atom is 0.306 e. The van der Waals surface area contributed by atoms with Crippen molar-refractivity contribution in [2.45, 2.75) is 238 Å². The summed E-state index contributed by atoms with van der Waals surface area (Å²) in [4.78, 5) is 24.5. The highest BCUT2D eigenvalue weighted by Crippen LogP contribution is 2.14. The molecular formula is C59H98O5. The van der Waals surface area contributed by atoms with E-state index in [-0.39, 0.29) is 25.2 Å². The highest BCUT2D eigenvalue weighted by atomic mass is 16.6. The van der Waals surface area contributed by atoms with Gasteiger partial charge in [0.25, 0.3) is 0 Å². The lowest BCUT2D eigenvalue weighted by atomic mass is 10.1. The van der Waals surface area contributed by atoms with Crippen LogP contribution >= 0.6 is 0 Å². The Kier molecular flexibility index (Phi) is 51.0. The van der Waals surface area contributed by atoms with Crippen LogP contribution in [-0.2, 0) is 19.1 Å². The first kappa shape index (κ1) is 60.6. The zero-order valence-corrected chi connectivity index (χ0v) is 41.5. The largest absolute Gasteiger partial charge is 0.462 e. The van der Waals surface area contributed by atoms with Gasteiger partial charge in [0.2, 0.25) is 0 Å². The number of rotatable bonds is 47. The average molecular weight is 887 g/mol. The molecule has 0 aromatic rings. The van der Waals surface area contributed by atoms with Gasteiger partial charge in [-0.05, 0) is 103 Å². The molecule has 0 spiro atoms. The molecule has 0 fully saturated rings. The third kappa shape index (κ3) is 51.2. The van der Waals surface area contributed by atoms with Crippen molar-refractivity contribution in [1.82, 2.24) is 0 Å². The van der Waals surface area contributed by atoms with Crippen LogP contribution in [0.15, 0.2) is 109 Å². The molecule has 5 heteroatoms. The fourth-order valence-electron chi connectivity index (χ4n) is 7.09. The molecule has 64 heavy (non-hydrogen) atoms. The van der Waals surface area contributed by atoms with Crippen molar-refractivity contribution in [3.8, 4) is 0 Å². The average Bonchev–Trinajstić information content (AvgIpc) is 3.30. The lowest BCUT2D eigenvalue weighted by Crippen LogP contribution is -2.28. The number of hydrogen-bond donors (Lipinski definition) is 1. The highest BCUT2D eigenvalue weighted by Gasteiger charge is 2.16. The summed E-state index contributed by atoms with van der Waals surface area (Å²) < 4.78 is 10.7. The zero-order chi connectivity index (χ0) is 46.3. The molecule has 0 saturated carbocycles. The van der Waals surface area contributed by atoms with Crippen molar-refractivity contribution in [2.75, 3.05) is 13.2 Å². The van der Waals surface area contributed by atoms with Crippen molar-refractivity contribution in [3.05, 3.63) is 109 Å². The molecule has 0 aliphatic rings. The van der Waals surface area contributed by atoms with Crippen molar-refractivity contribution in [2.24, 2.45) is 0 Å². The normalized spacial score (nSPS) is 13.1. The van der Waals surface area contributed by atoms with E-state index in [0.717, 1.165) is 96.3 Å². The molecule has 0 saturated heterocycles. The van der Waals surface area contributed by atoms with Crippen LogP contribution in [-0.4, -0.2) is 36.4 Å². The Hall–Kier alpha value is -3.44. The smallest absolute Gasteiger partial charge is 0.306 e. The van der Waals surface area contributed by atoms with Gasteiger partial charge in [0, 0.05) is 12.8 Å². The maximum atomic E-state index is 12.3. The SMILES string of the molecule is CC/C=C\C/C=C\C/C=C\C/C=C\C/C=C\C/C=C\CCCCCCCCCCC(=O)OC(CO)COC(=O)CCCCCCCCCC/C=C\C/C=C\C/C=C\CCCCCCC. The number of hydrogen-bond acceptors (Lipinski definition) is 5. The second-order valence-electron chi connectivity index (χ2n) is 17.2. The van der Waals surface area contributed by atoms with Crippen LogP contribution in [0.5, 0.6) is 0 Å². The van der Waals surface area contributed by atoms with Gasteiger partial charge in [0.1, 0.15) is 6.61 Å². The summed E-state index contributed by atoms with van der Waals surface area (Å²) in [5, 5.41) is 9.64. The highest BCUT2D eigenvalue weighted by molar-refractivity contribution is 5.70. The maximum absolute atomic E-state index is 12.3. The van der Waals surface area contributed by atoms with E-state index in [9.17, 15) is 14.7 Å². The fourth-order valence-corrected chi connectivity index (χ4v) is 7.09. The fraction of sp³-hybridized carbons (Fsp3) is 0.661. The number of ether oxygens (including phenoxy) is 2. The lowest BCUT2D eigenvalue weighted by molar-refractivity contribution is -0.161. The van der Waals surface area contributed by atoms with E-state index in [4.69, 9.17) is 9.47 Å². The van der Waals surface area contributed by atoms with E-state index in [1.54, 1.807) is 0 Å². The topological polar surface area (TPSA) is 72.8 Å². The minimum Gasteiger partial charge on any atom is -0.462 e. The van der Waals surface area contributed by atoms with Crippen LogP contribution in [0.4, 0.5) is 0 Å². The summed E-state index contributed by atoms with van der Waals surface area (Å²) in [7, 11) is 0. The third-order valence-corrected chi connectivity index (χ3v) is 11.1. The monoisotopic (exact) mass is 887 g/mol. The molecule has 0 aromatic heterocycles. The summed E-state index contributed by atoms with van der Waals surface area (Å²) in [6, 6.07) is 0. The first-order valence-corrected chi connectivity index (χ1v) is 26.4. The standard InChI is InChI=1S/C59H98O5/c1-3-5-7-9-11-13-15-17-19-21-23-25-27-28-29-30-32-34-36-38-40-42-44-46-48-50-52-54-59(62)64-57(55-60)56-63-58(61)53-51-49-47-45-43-41-39-37-35-33-31-26-24-22-20-18-16-14-12-10-8-6-4-2/h5,7,11,13,16-19,22-25,28-29,31-34,57,60H,3-4,6,8-10,12,14-15,20-21,26-27,30,35-56H2,1-2H3/b7-5-,13-11-,18-16-,19-17-,24-22-,25-23-,29-28-,33-31-,34-32-. The number of allylic oxidation sites excluding steroid dienone is 18. The second-order valence-corrected chi connectivity index (χ2v) is 17.2. The van der Waals surface area contributed by atoms with Crippen LogP contribution in [0, 0.1) is 0 Å². The molecule has 0 amide bonds. The minimum absolute atomic E-state index is 0.0794. The number of aliphatic hydroxyl groups excluding tert-OH is 1. The van der Waals surface area contributed by atoms with Crippen LogP contribution in [0.1, 0.15) is 232 Å². The molecule has 0 rings (SSSR count). The van der Waals surface area contributed by atoms with Gasteiger partial charge in [0.05, 0.1) is 6.61 Å². The van der Waals surface area contributed by atoms with Gasteiger partial charge in [0.15, 0.2) is 6.10 Å². The van der Waals surface area contributed by atoms with E-state index in [2.05, 4.69) is 123 Å². The molecule has 0 radical (unpaired) electrons. The van der Waals surface area contributed by atoms with Crippen molar-refractivity contribution < 1.29 is 24.2 Å². The molecule has 1 unspecified atom stereocenters. The summed E-state index contributed by atoms with van der Waals surface area (Å²) in [5.41, 5.74) is 0. The molecule has 0 heterocycles. The van der Waals surface area contributed by atoms with Gasteiger partial charge < -0.3 is 14.6 Å². The number of carbonyl (C=O) groups excluding carboxylic acids is 2. The minimum atomic E-state index is -0.788. The predicted molar refractivity (Wildman–Crippen MR) is 279 cm³/mol. The molecular weight excluding hydrogens is 789 g/mol. The number of esters is 2. The first-order valence-electron chi connectivity index (χ1n) is 26.4. The quantitative estimate of drug-likeness (QED) is 0.0374. The molecule has 0 aromatic carbocycles. The van der Waals surface area contributed by atoms with Crippen LogP contribution in [0.25, 0.3) is 0 Å². The van der Waals surface area contributed by atoms with E-state index >= 15 is 0 Å². The number of aliphatic hydroxyl groups is 1. The van der Waals surface area contributed by atoms with E-state index in [0.29, 0.717) is 12.8 Å². The predicted octanol–water partition coefficient (Wildman–Crippen LogP) is 17.7.